The summed E-state index contributed by atoms with van der Waals surface area (Å²) in [5.74, 6) is -2.37. The molecule has 15 nitrogen and oxygen atoms in total. The van der Waals surface area contributed by atoms with Crippen LogP contribution in [0.4, 0.5) is 0 Å². The highest BCUT2D eigenvalue weighted by atomic mass is 16.7. The van der Waals surface area contributed by atoms with E-state index in [2.05, 4.69) is 0 Å². The molecule has 2 saturated heterocycles. The number of carbonyl (C=O) groups is 2. The zero-order chi connectivity index (χ0) is 48.2. The van der Waals surface area contributed by atoms with Crippen LogP contribution in [0.1, 0.15) is 67.2 Å². The molecule has 368 valence electrons. The highest BCUT2D eigenvalue weighted by Gasteiger charge is 2.48. The van der Waals surface area contributed by atoms with Crippen LogP contribution in [-0.4, -0.2) is 158 Å². The van der Waals surface area contributed by atoms with Gasteiger partial charge in [0, 0.05) is 32.0 Å². The molecular weight excluding hydrogens is 851 g/mol. The summed E-state index contributed by atoms with van der Waals surface area (Å²) in [5.41, 5.74) is 2.85. The number of likely N-dealkylation sites (N-methyl/N-ethyl adjacent to an activating group) is 1. The number of aliphatic hydroxyl groups is 4. The number of hydrogen-bond donors (Lipinski definition) is 4. The third-order valence-corrected chi connectivity index (χ3v) is 13.4. The number of ketones is 1. The van der Waals surface area contributed by atoms with Crippen LogP contribution in [0.25, 0.3) is 11.1 Å². The predicted octanol–water partition coefficient (Wildman–Crippen LogP) is 5.11. The van der Waals surface area contributed by atoms with Gasteiger partial charge in [-0.25, -0.2) is 0 Å². The lowest BCUT2D eigenvalue weighted by molar-refractivity contribution is -0.304. The number of benzene rings is 2. The molecule has 66 heavy (non-hydrogen) atoms. The Kier molecular flexibility index (Phi) is 20.3. The number of cyclic esters (lactones) is 1. The van der Waals surface area contributed by atoms with E-state index in [0.717, 1.165) is 16.7 Å². The van der Waals surface area contributed by atoms with Gasteiger partial charge in [0.25, 0.3) is 0 Å². The van der Waals surface area contributed by atoms with Gasteiger partial charge in [0.2, 0.25) is 0 Å². The predicted molar refractivity (Wildman–Crippen MR) is 247 cm³/mol. The van der Waals surface area contributed by atoms with E-state index in [4.69, 9.17) is 37.9 Å². The minimum atomic E-state index is -1.29. The molecular formula is C51H75NO14. The molecule has 3 aliphatic heterocycles. The summed E-state index contributed by atoms with van der Waals surface area (Å²) in [6.07, 6.45) is -5.19. The second-order valence-corrected chi connectivity index (χ2v) is 18.5. The van der Waals surface area contributed by atoms with Crippen molar-refractivity contribution in [2.45, 2.75) is 147 Å². The largest absolute Gasteiger partial charge is 0.494 e. The maximum absolute atomic E-state index is 14.0. The van der Waals surface area contributed by atoms with Crippen molar-refractivity contribution in [3.05, 3.63) is 78.4 Å². The Morgan fingerprint density at radius 3 is 2.05 bits per heavy atom. The Bertz CT molecular complexity index is 1860. The molecule has 2 aromatic carbocycles. The molecule has 0 amide bonds. The summed E-state index contributed by atoms with van der Waals surface area (Å²) in [7, 11) is 6.47. The molecule has 0 saturated carbocycles. The van der Waals surface area contributed by atoms with Gasteiger partial charge in [-0.05, 0) is 89.4 Å². The van der Waals surface area contributed by atoms with Crippen LogP contribution in [0.15, 0.2) is 78.4 Å². The van der Waals surface area contributed by atoms with E-state index in [1.165, 1.54) is 14.2 Å². The van der Waals surface area contributed by atoms with Gasteiger partial charge in [0.05, 0.1) is 56.2 Å². The van der Waals surface area contributed by atoms with Gasteiger partial charge < -0.3 is 63.2 Å². The summed E-state index contributed by atoms with van der Waals surface area (Å²) < 4.78 is 48.8. The first-order chi connectivity index (χ1) is 31.5. The van der Waals surface area contributed by atoms with Crippen molar-refractivity contribution >= 4 is 11.8 Å². The van der Waals surface area contributed by atoms with Crippen molar-refractivity contribution in [2.75, 3.05) is 41.5 Å². The molecule has 0 unspecified atom stereocenters. The molecule has 5 rings (SSSR count). The Labute approximate surface area is 390 Å². The van der Waals surface area contributed by atoms with E-state index in [1.54, 1.807) is 51.9 Å². The maximum atomic E-state index is 14.0. The fourth-order valence-corrected chi connectivity index (χ4v) is 9.39. The number of hydrogen-bond acceptors (Lipinski definition) is 15. The lowest BCUT2D eigenvalue weighted by Gasteiger charge is -2.46. The standard InChI is InChI=1S/C51H75NO14/c1-11-41-37(28-62-51-49(60-10)48(59-9)45(57)33(6)64-51)25-29(2)17-22-39(53)30(3)26-36(23-24-61-38-20-18-35(19-21-38)34-15-13-12-14-16-34)47(31(4)40(54)27-42(55)65-41)66-50-46(58)43(52(7)8)44(56)32(5)63-50/h12-22,25,30-33,36-37,40-41,43-51,54,56-58H,11,23-24,26-28H2,1-10H3/b22-17+,29-25+/t30-,31+,32-,33-,36+,37-,40-,41-,43+,44-,45-,46-,47-,48-,49-,50+,51-/m1/s1. The fraction of sp³-hybridized carbons (Fsp3) is 0.647. The van der Waals surface area contributed by atoms with E-state index < -0.39 is 109 Å². The van der Waals surface area contributed by atoms with Gasteiger partial charge in [-0.1, -0.05) is 81.0 Å². The van der Waals surface area contributed by atoms with Gasteiger partial charge in [-0.15, -0.1) is 0 Å². The number of rotatable bonds is 14. The van der Waals surface area contributed by atoms with E-state index in [0.29, 0.717) is 25.0 Å². The van der Waals surface area contributed by atoms with E-state index in [-0.39, 0.29) is 25.4 Å². The van der Waals surface area contributed by atoms with Crippen LogP contribution in [0.5, 0.6) is 5.75 Å². The molecule has 2 fully saturated rings. The molecule has 4 N–H and O–H groups in total. The van der Waals surface area contributed by atoms with Gasteiger partial charge >= 0.3 is 5.97 Å². The van der Waals surface area contributed by atoms with Crippen LogP contribution in [0.2, 0.25) is 0 Å². The summed E-state index contributed by atoms with van der Waals surface area (Å²) in [6.45, 7) is 11.0. The van der Waals surface area contributed by atoms with Crippen molar-refractivity contribution in [2.24, 2.45) is 23.7 Å². The van der Waals surface area contributed by atoms with Gasteiger partial charge in [0.15, 0.2) is 18.4 Å². The number of aliphatic hydroxyl groups excluding tert-OH is 4. The Balaban J connectivity index is 1.44. The normalized spacial score (nSPS) is 37.7. The zero-order valence-electron chi connectivity index (χ0n) is 40.3. The third-order valence-electron chi connectivity index (χ3n) is 13.4. The van der Waals surface area contributed by atoms with E-state index in [1.807, 2.05) is 81.4 Å². The first kappa shape index (κ1) is 53.4. The number of nitrogens with zero attached hydrogens (tertiary/aromatic N) is 1. The van der Waals surface area contributed by atoms with E-state index in [9.17, 15) is 30.0 Å². The Morgan fingerprint density at radius 2 is 1.41 bits per heavy atom. The molecule has 17 atom stereocenters. The zero-order valence-corrected chi connectivity index (χ0v) is 40.3. The minimum Gasteiger partial charge on any atom is -0.494 e. The highest BCUT2D eigenvalue weighted by Crippen LogP contribution is 2.36. The number of esters is 1. The lowest BCUT2D eigenvalue weighted by Crippen LogP contribution is -2.63. The first-order valence-corrected chi connectivity index (χ1v) is 23.4. The molecule has 0 spiro atoms. The first-order valence-electron chi connectivity index (χ1n) is 23.4. The van der Waals surface area contributed by atoms with Gasteiger partial charge in [0.1, 0.15) is 36.3 Å². The van der Waals surface area contributed by atoms with Crippen molar-refractivity contribution < 1.29 is 67.9 Å². The molecule has 0 aromatic heterocycles. The Morgan fingerprint density at radius 1 is 0.773 bits per heavy atom. The molecule has 2 aromatic rings. The van der Waals surface area contributed by atoms with Crippen molar-refractivity contribution in [3.8, 4) is 16.9 Å². The third kappa shape index (κ3) is 13.8. The molecule has 0 bridgehead atoms. The molecule has 3 heterocycles. The average molecular weight is 926 g/mol. The highest BCUT2D eigenvalue weighted by molar-refractivity contribution is 5.91. The van der Waals surface area contributed by atoms with Gasteiger partial charge in [-0.3, -0.25) is 9.59 Å². The van der Waals surface area contributed by atoms with Gasteiger partial charge in [-0.2, -0.15) is 0 Å². The van der Waals surface area contributed by atoms with Crippen LogP contribution in [0.3, 0.4) is 0 Å². The smallest absolute Gasteiger partial charge is 0.308 e. The summed E-state index contributed by atoms with van der Waals surface area (Å²) >= 11 is 0. The molecule has 3 aliphatic rings. The SMILES string of the molecule is CC[C@H]1OC(=O)C[C@@H](O)[C@H](C)[C@@H](O[C@@H]2O[C@H](C)[C@@H](O)[C@H](N(C)C)[C@H]2O)[C@@H](CCOc2ccc(-c3ccccc3)cc2)C[C@@H](C)C(=O)/C=C/C(C)=C/[C@@H]1CO[C@@H]1O[C@H](C)[C@@H](O)[C@@H](OC)[C@H]1OC. The van der Waals surface area contributed by atoms with E-state index >= 15 is 0 Å². The quantitative estimate of drug-likeness (QED) is 0.183. The van der Waals surface area contributed by atoms with Crippen molar-refractivity contribution in [1.82, 2.24) is 4.90 Å². The fourth-order valence-electron chi connectivity index (χ4n) is 9.39. The minimum absolute atomic E-state index is 0.0195. The Hall–Kier alpha value is -3.58. The second-order valence-electron chi connectivity index (χ2n) is 18.5. The van der Waals surface area contributed by atoms with Crippen LogP contribution >= 0.6 is 0 Å². The number of allylic oxidation sites excluding steroid dienone is 3. The summed E-state index contributed by atoms with van der Waals surface area (Å²) in [6, 6.07) is 17.1. The van der Waals surface area contributed by atoms with Crippen LogP contribution in [-0.2, 0) is 42.7 Å². The second kappa shape index (κ2) is 25.2. The number of ether oxygens (including phenoxy) is 8. The molecule has 0 radical (unpaired) electrons. The van der Waals surface area contributed by atoms with Crippen LogP contribution < -0.4 is 4.74 Å². The topological polar surface area (TPSA) is 192 Å². The molecule has 15 heteroatoms. The van der Waals surface area contributed by atoms with Crippen molar-refractivity contribution in [3.63, 3.8) is 0 Å². The number of methoxy groups -OCH3 is 2. The number of carbonyl (C=O) groups excluding carboxylic acids is 2. The lowest BCUT2D eigenvalue weighted by atomic mass is 9.79. The monoisotopic (exact) mass is 926 g/mol. The maximum Gasteiger partial charge on any atom is 0.308 e. The summed E-state index contributed by atoms with van der Waals surface area (Å²) in [4.78, 5) is 29.6. The summed E-state index contributed by atoms with van der Waals surface area (Å²) in [5, 5.41) is 45.3. The van der Waals surface area contributed by atoms with Crippen LogP contribution in [0, 0.1) is 23.7 Å². The molecule has 0 aliphatic carbocycles. The average Bonchev–Trinajstić information content (AvgIpc) is 3.29. The van der Waals surface area contributed by atoms with Crippen molar-refractivity contribution in [1.29, 1.82) is 0 Å².